The van der Waals surface area contributed by atoms with E-state index < -0.39 is 0 Å². The highest BCUT2D eigenvalue weighted by molar-refractivity contribution is 5.78. The number of hydrogen-bond acceptors (Lipinski definition) is 2. The molecule has 0 aromatic heterocycles. The van der Waals surface area contributed by atoms with Crippen LogP contribution in [-0.2, 0) is 9.53 Å². The third kappa shape index (κ3) is 1.57. The summed E-state index contributed by atoms with van der Waals surface area (Å²) >= 11 is 0. The molecule has 0 aromatic rings. The topological polar surface area (TPSA) is 29.5 Å². The number of amides is 1. The summed E-state index contributed by atoms with van der Waals surface area (Å²) < 4.78 is 5.32. The second-order valence-corrected chi connectivity index (χ2v) is 4.48. The first-order chi connectivity index (χ1) is 6.18. The van der Waals surface area contributed by atoms with Gasteiger partial charge in [0.05, 0.1) is 25.3 Å². The van der Waals surface area contributed by atoms with Crippen molar-refractivity contribution in [1.29, 1.82) is 0 Å². The van der Waals surface area contributed by atoms with Gasteiger partial charge < -0.3 is 9.64 Å². The fourth-order valence-corrected chi connectivity index (χ4v) is 2.20. The Balaban J connectivity index is 1.91. The molecular formula is C10H17NO2. The van der Waals surface area contributed by atoms with E-state index in [4.69, 9.17) is 4.74 Å². The van der Waals surface area contributed by atoms with Gasteiger partial charge >= 0.3 is 0 Å². The first kappa shape index (κ1) is 9.00. The fourth-order valence-electron chi connectivity index (χ4n) is 2.20. The number of morpholine rings is 1. The fraction of sp³-hybridized carbons (Fsp3) is 0.900. The van der Waals surface area contributed by atoms with Crippen LogP contribution in [0.4, 0.5) is 0 Å². The lowest BCUT2D eigenvalue weighted by Gasteiger charge is -2.52. The van der Waals surface area contributed by atoms with Gasteiger partial charge in [-0.3, -0.25) is 4.79 Å². The zero-order valence-electron chi connectivity index (χ0n) is 8.32. The van der Waals surface area contributed by atoms with Gasteiger partial charge in [-0.1, -0.05) is 13.8 Å². The largest absolute Gasteiger partial charge is 0.377 e. The molecule has 3 rings (SSSR count). The zero-order valence-corrected chi connectivity index (χ0v) is 8.32. The van der Waals surface area contributed by atoms with Crippen LogP contribution in [0.2, 0.25) is 0 Å². The Hall–Kier alpha value is -0.570. The minimum absolute atomic E-state index is 0.319. The summed E-state index contributed by atoms with van der Waals surface area (Å²) in [7, 11) is 0. The monoisotopic (exact) mass is 183 g/mol. The predicted molar refractivity (Wildman–Crippen MR) is 49.3 cm³/mol. The van der Waals surface area contributed by atoms with Crippen molar-refractivity contribution in [1.82, 2.24) is 4.90 Å². The highest BCUT2D eigenvalue weighted by Gasteiger charge is 2.44. The Labute approximate surface area is 79.0 Å². The quantitative estimate of drug-likeness (QED) is 0.640. The molecule has 0 aromatic carbocycles. The summed E-state index contributed by atoms with van der Waals surface area (Å²) in [6.45, 7) is 5.68. The molecule has 3 heteroatoms. The predicted octanol–water partition coefficient (Wildman–Crippen LogP) is 1.03. The standard InChI is InChI=1S/C10H17NO2/c1-7(2)3-10(12)11-8-4-9(11)6-13-5-8/h7-9H,3-6H2,1-2H3. The molecule has 0 N–H and O–H groups in total. The summed E-state index contributed by atoms with van der Waals surface area (Å²) in [5.74, 6) is 0.786. The molecule has 3 aliphatic heterocycles. The lowest BCUT2D eigenvalue weighted by molar-refractivity contribution is -0.168. The molecule has 0 spiro atoms. The number of nitrogens with zero attached hydrogens (tertiary/aromatic N) is 1. The number of carbonyl (C=O) groups excluding carboxylic acids is 1. The van der Waals surface area contributed by atoms with Gasteiger partial charge in [0.25, 0.3) is 0 Å². The number of ether oxygens (including phenoxy) is 1. The first-order valence-corrected chi connectivity index (χ1v) is 5.07. The molecule has 2 bridgehead atoms. The van der Waals surface area contributed by atoms with Crippen molar-refractivity contribution in [3.63, 3.8) is 0 Å². The highest BCUT2D eigenvalue weighted by Crippen LogP contribution is 2.31. The average Bonchev–Trinajstić information content (AvgIpc) is 2.03. The lowest BCUT2D eigenvalue weighted by Crippen LogP contribution is -2.65. The number of rotatable bonds is 2. The molecule has 0 saturated carbocycles. The molecule has 13 heavy (non-hydrogen) atoms. The number of fused-ring (bicyclic) bond motifs is 2. The molecule has 0 aliphatic carbocycles. The van der Waals surface area contributed by atoms with Crippen LogP contribution in [0.15, 0.2) is 0 Å². The molecule has 0 radical (unpaired) electrons. The van der Waals surface area contributed by atoms with E-state index in [1.807, 2.05) is 4.90 Å². The van der Waals surface area contributed by atoms with Gasteiger partial charge in [0.1, 0.15) is 0 Å². The van der Waals surface area contributed by atoms with Gasteiger partial charge in [-0.15, -0.1) is 0 Å². The molecule has 74 valence electrons. The Morgan fingerprint density at radius 3 is 2.54 bits per heavy atom. The number of carbonyl (C=O) groups is 1. The Morgan fingerprint density at radius 1 is 1.46 bits per heavy atom. The van der Waals surface area contributed by atoms with Crippen molar-refractivity contribution in [3.05, 3.63) is 0 Å². The SMILES string of the molecule is CC(C)CC(=O)N1C2COCC1C2. The third-order valence-electron chi connectivity index (χ3n) is 2.82. The lowest BCUT2D eigenvalue weighted by atomic mass is 9.90. The van der Waals surface area contributed by atoms with Crippen molar-refractivity contribution in [3.8, 4) is 0 Å². The van der Waals surface area contributed by atoms with E-state index in [1.165, 1.54) is 0 Å². The molecule has 3 nitrogen and oxygen atoms in total. The van der Waals surface area contributed by atoms with E-state index in [-0.39, 0.29) is 0 Å². The molecule has 2 atom stereocenters. The van der Waals surface area contributed by atoms with Gasteiger partial charge in [-0.05, 0) is 12.3 Å². The molecular weight excluding hydrogens is 166 g/mol. The summed E-state index contributed by atoms with van der Waals surface area (Å²) in [6.07, 6.45) is 1.84. The maximum Gasteiger partial charge on any atom is 0.223 e. The average molecular weight is 183 g/mol. The molecule has 3 fully saturated rings. The van der Waals surface area contributed by atoms with Gasteiger partial charge in [0.2, 0.25) is 5.91 Å². The van der Waals surface area contributed by atoms with Gasteiger partial charge in [0.15, 0.2) is 0 Å². The van der Waals surface area contributed by atoms with Gasteiger partial charge in [-0.25, -0.2) is 0 Å². The summed E-state index contributed by atoms with van der Waals surface area (Å²) in [5.41, 5.74) is 0. The maximum atomic E-state index is 11.7. The molecule has 1 amide bonds. The van der Waals surface area contributed by atoms with E-state index >= 15 is 0 Å². The van der Waals surface area contributed by atoms with Crippen LogP contribution in [-0.4, -0.2) is 36.1 Å². The smallest absolute Gasteiger partial charge is 0.223 e. The van der Waals surface area contributed by atoms with Crippen LogP contribution >= 0.6 is 0 Å². The molecule has 3 aliphatic rings. The minimum Gasteiger partial charge on any atom is -0.377 e. The Bertz CT molecular complexity index is 201. The van der Waals surface area contributed by atoms with Crippen LogP contribution in [0.5, 0.6) is 0 Å². The Kier molecular flexibility index (Phi) is 2.28. The maximum absolute atomic E-state index is 11.7. The van der Waals surface area contributed by atoms with Crippen molar-refractivity contribution in [2.75, 3.05) is 13.2 Å². The van der Waals surface area contributed by atoms with Crippen LogP contribution in [0.1, 0.15) is 26.7 Å². The van der Waals surface area contributed by atoms with E-state index in [2.05, 4.69) is 13.8 Å². The number of hydrogen-bond donors (Lipinski definition) is 0. The van der Waals surface area contributed by atoms with Gasteiger partial charge in [-0.2, -0.15) is 0 Å². The zero-order chi connectivity index (χ0) is 9.42. The van der Waals surface area contributed by atoms with Gasteiger partial charge in [0, 0.05) is 6.42 Å². The van der Waals surface area contributed by atoms with Crippen LogP contribution in [0, 0.1) is 5.92 Å². The van der Waals surface area contributed by atoms with Crippen LogP contribution in [0.3, 0.4) is 0 Å². The van der Waals surface area contributed by atoms with Crippen molar-refractivity contribution >= 4 is 5.91 Å². The molecule has 3 saturated heterocycles. The molecule has 3 heterocycles. The van der Waals surface area contributed by atoms with E-state index in [0.29, 0.717) is 30.3 Å². The normalized spacial score (nSPS) is 31.8. The van der Waals surface area contributed by atoms with E-state index in [9.17, 15) is 4.79 Å². The second kappa shape index (κ2) is 3.29. The Morgan fingerprint density at radius 2 is 2.08 bits per heavy atom. The summed E-state index contributed by atoms with van der Waals surface area (Å²) in [6, 6.07) is 0.787. The van der Waals surface area contributed by atoms with Crippen LogP contribution in [0.25, 0.3) is 0 Å². The highest BCUT2D eigenvalue weighted by atomic mass is 16.5. The molecule has 2 unspecified atom stereocenters. The second-order valence-electron chi connectivity index (χ2n) is 4.48. The first-order valence-electron chi connectivity index (χ1n) is 5.07. The van der Waals surface area contributed by atoms with Crippen molar-refractivity contribution in [2.24, 2.45) is 5.92 Å². The summed E-state index contributed by atoms with van der Waals surface area (Å²) in [4.78, 5) is 13.8. The van der Waals surface area contributed by atoms with E-state index in [0.717, 1.165) is 19.6 Å². The van der Waals surface area contributed by atoms with E-state index in [1.54, 1.807) is 0 Å². The van der Waals surface area contributed by atoms with Crippen molar-refractivity contribution < 1.29 is 9.53 Å². The van der Waals surface area contributed by atoms with Crippen molar-refractivity contribution in [2.45, 2.75) is 38.8 Å². The summed E-state index contributed by atoms with van der Waals surface area (Å²) in [5, 5.41) is 0. The minimum atomic E-state index is 0.319. The van der Waals surface area contributed by atoms with Crippen LogP contribution < -0.4 is 0 Å². The third-order valence-corrected chi connectivity index (χ3v) is 2.82.